The van der Waals surface area contributed by atoms with Crippen LogP contribution in [0.5, 0.6) is 0 Å². The lowest BCUT2D eigenvalue weighted by atomic mass is 10.2. The highest BCUT2D eigenvalue weighted by atomic mass is 16.5. The van der Waals surface area contributed by atoms with Crippen molar-refractivity contribution >= 4 is 11.8 Å². The Bertz CT molecular complexity index is 306. The van der Waals surface area contributed by atoms with Crippen LogP contribution in [0.3, 0.4) is 0 Å². The second-order valence-corrected chi connectivity index (χ2v) is 2.81. The van der Waals surface area contributed by atoms with Gasteiger partial charge in [-0.1, -0.05) is 0 Å². The lowest BCUT2D eigenvalue weighted by Crippen LogP contribution is -2.12. The number of aryl methyl sites for hydroxylation is 1. The number of carbonyl (C=O) groups excluding carboxylic acids is 2. The summed E-state index contributed by atoms with van der Waals surface area (Å²) in [4.78, 5) is 21.9. The number of carbonyl (C=O) groups is 2. The van der Waals surface area contributed by atoms with E-state index in [1.54, 1.807) is 23.1 Å². The average Bonchev–Trinajstić information content (AvgIpc) is 2.67. The standard InChI is InChI=1S/C9H12N2O3/c1-14-9(13)7-8(12)3-6-11-5-2-4-10-11/h2,4-5H,3,6-7H2,1H3. The van der Waals surface area contributed by atoms with Crippen LogP contribution >= 0.6 is 0 Å². The van der Waals surface area contributed by atoms with Gasteiger partial charge in [0.2, 0.25) is 0 Å². The van der Waals surface area contributed by atoms with Gasteiger partial charge in [-0.3, -0.25) is 14.3 Å². The molecule has 14 heavy (non-hydrogen) atoms. The van der Waals surface area contributed by atoms with Crippen LogP contribution < -0.4 is 0 Å². The van der Waals surface area contributed by atoms with Crippen molar-refractivity contribution in [3.8, 4) is 0 Å². The number of hydrogen-bond acceptors (Lipinski definition) is 4. The molecule has 5 nitrogen and oxygen atoms in total. The van der Waals surface area contributed by atoms with Crippen LogP contribution in [0.25, 0.3) is 0 Å². The van der Waals surface area contributed by atoms with Crippen molar-refractivity contribution in [1.82, 2.24) is 9.78 Å². The van der Waals surface area contributed by atoms with Crippen molar-refractivity contribution in [3.05, 3.63) is 18.5 Å². The molecule has 0 bridgehead atoms. The predicted octanol–water partition coefficient (Wildman–Crippen LogP) is 0.405. The second-order valence-electron chi connectivity index (χ2n) is 2.81. The first-order valence-corrected chi connectivity index (χ1v) is 4.28. The molecule has 1 aromatic heterocycles. The fraction of sp³-hybridized carbons (Fsp3) is 0.444. The zero-order valence-electron chi connectivity index (χ0n) is 7.97. The quantitative estimate of drug-likeness (QED) is 0.505. The second kappa shape index (κ2) is 5.16. The zero-order chi connectivity index (χ0) is 10.4. The third kappa shape index (κ3) is 3.38. The summed E-state index contributed by atoms with van der Waals surface area (Å²) in [6.07, 6.45) is 3.56. The van der Waals surface area contributed by atoms with E-state index in [4.69, 9.17) is 0 Å². The first-order valence-electron chi connectivity index (χ1n) is 4.28. The van der Waals surface area contributed by atoms with Gasteiger partial charge < -0.3 is 4.74 Å². The molecule has 0 aliphatic rings. The van der Waals surface area contributed by atoms with Gasteiger partial charge in [0.15, 0.2) is 0 Å². The van der Waals surface area contributed by atoms with E-state index in [9.17, 15) is 9.59 Å². The molecule has 1 aromatic rings. The van der Waals surface area contributed by atoms with Gasteiger partial charge in [-0.15, -0.1) is 0 Å². The third-order valence-electron chi connectivity index (χ3n) is 1.75. The molecular weight excluding hydrogens is 184 g/mol. The number of ether oxygens (including phenoxy) is 1. The van der Waals surface area contributed by atoms with Crippen LogP contribution in [0, 0.1) is 0 Å². The maximum Gasteiger partial charge on any atom is 0.313 e. The maximum absolute atomic E-state index is 11.2. The van der Waals surface area contributed by atoms with Gasteiger partial charge in [-0.05, 0) is 6.07 Å². The van der Waals surface area contributed by atoms with Crippen LogP contribution in [-0.4, -0.2) is 28.6 Å². The number of ketones is 1. The molecular formula is C9H12N2O3. The number of Topliss-reactive ketones (excluding diaryl/α,β-unsaturated/α-hetero) is 1. The van der Waals surface area contributed by atoms with E-state index in [1.807, 2.05) is 0 Å². The summed E-state index contributed by atoms with van der Waals surface area (Å²) in [6, 6.07) is 1.78. The molecule has 0 amide bonds. The fourth-order valence-electron chi connectivity index (χ4n) is 0.994. The molecule has 0 aromatic carbocycles. The SMILES string of the molecule is COC(=O)CC(=O)CCn1cccn1. The van der Waals surface area contributed by atoms with Crippen molar-refractivity contribution in [1.29, 1.82) is 0 Å². The minimum Gasteiger partial charge on any atom is -0.469 e. The summed E-state index contributed by atoms with van der Waals surface area (Å²) in [6.45, 7) is 0.503. The van der Waals surface area contributed by atoms with Gasteiger partial charge in [-0.2, -0.15) is 5.10 Å². The molecule has 0 saturated heterocycles. The van der Waals surface area contributed by atoms with Gasteiger partial charge in [0, 0.05) is 25.4 Å². The summed E-state index contributed by atoms with van der Waals surface area (Å²) in [5.74, 6) is -0.622. The topological polar surface area (TPSA) is 61.2 Å². The van der Waals surface area contributed by atoms with E-state index in [-0.39, 0.29) is 12.2 Å². The van der Waals surface area contributed by atoms with Crippen molar-refractivity contribution in [3.63, 3.8) is 0 Å². The first kappa shape index (κ1) is 10.4. The van der Waals surface area contributed by atoms with E-state index in [2.05, 4.69) is 9.84 Å². The number of methoxy groups -OCH3 is 1. The van der Waals surface area contributed by atoms with E-state index in [0.717, 1.165) is 0 Å². The lowest BCUT2D eigenvalue weighted by molar-refractivity contribution is -0.143. The zero-order valence-corrected chi connectivity index (χ0v) is 7.97. The Morgan fingerprint density at radius 2 is 2.29 bits per heavy atom. The molecule has 0 saturated carbocycles. The molecule has 0 atom stereocenters. The minimum absolute atomic E-state index is 0.132. The molecule has 5 heteroatoms. The van der Waals surface area contributed by atoms with Gasteiger partial charge >= 0.3 is 5.97 Å². The summed E-state index contributed by atoms with van der Waals surface area (Å²) in [5.41, 5.74) is 0. The molecule has 1 rings (SSSR count). The maximum atomic E-state index is 11.2. The molecule has 0 spiro atoms. The summed E-state index contributed by atoms with van der Waals surface area (Å²) >= 11 is 0. The minimum atomic E-state index is -0.490. The van der Waals surface area contributed by atoms with Crippen LogP contribution in [-0.2, 0) is 20.9 Å². The van der Waals surface area contributed by atoms with Gasteiger partial charge in [0.25, 0.3) is 0 Å². The van der Waals surface area contributed by atoms with Gasteiger partial charge in [0.05, 0.1) is 7.11 Å². The van der Waals surface area contributed by atoms with E-state index < -0.39 is 5.97 Å². The number of hydrogen-bond donors (Lipinski definition) is 0. The van der Waals surface area contributed by atoms with E-state index in [1.165, 1.54) is 7.11 Å². The van der Waals surface area contributed by atoms with Crippen molar-refractivity contribution in [2.24, 2.45) is 0 Å². The van der Waals surface area contributed by atoms with Gasteiger partial charge in [0.1, 0.15) is 12.2 Å². The highest BCUT2D eigenvalue weighted by Gasteiger charge is 2.08. The van der Waals surface area contributed by atoms with Crippen molar-refractivity contribution in [2.45, 2.75) is 19.4 Å². The fourth-order valence-corrected chi connectivity index (χ4v) is 0.994. The normalized spacial score (nSPS) is 9.79. The highest BCUT2D eigenvalue weighted by molar-refractivity contribution is 5.95. The number of rotatable bonds is 5. The Labute approximate surface area is 81.7 Å². The molecule has 0 aliphatic carbocycles. The highest BCUT2D eigenvalue weighted by Crippen LogP contribution is 1.95. The Hall–Kier alpha value is -1.65. The average molecular weight is 196 g/mol. The summed E-state index contributed by atoms with van der Waals surface area (Å²) < 4.78 is 6.02. The third-order valence-corrected chi connectivity index (χ3v) is 1.75. The van der Waals surface area contributed by atoms with Crippen LogP contribution in [0.15, 0.2) is 18.5 Å². The van der Waals surface area contributed by atoms with Crippen molar-refractivity contribution in [2.75, 3.05) is 7.11 Å². The summed E-state index contributed by atoms with van der Waals surface area (Å²) in [7, 11) is 1.27. The number of nitrogens with zero attached hydrogens (tertiary/aromatic N) is 2. The molecule has 76 valence electrons. The smallest absolute Gasteiger partial charge is 0.313 e. The molecule has 0 aliphatic heterocycles. The van der Waals surface area contributed by atoms with E-state index >= 15 is 0 Å². The monoisotopic (exact) mass is 196 g/mol. The Balaban J connectivity index is 2.25. The molecule has 0 N–H and O–H groups in total. The van der Waals surface area contributed by atoms with Crippen LogP contribution in [0.4, 0.5) is 0 Å². The van der Waals surface area contributed by atoms with Crippen LogP contribution in [0.2, 0.25) is 0 Å². The Morgan fingerprint density at radius 1 is 1.50 bits per heavy atom. The number of esters is 1. The summed E-state index contributed by atoms with van der Waals surface area (Å²) in [5, 5.41) is 3.94. The number of aromatic nitrogens is 2. The molecule has 1 heterocycles. The molecule has 0 unspecified atom stereocenters. The molecule has 0 radical (unpaired) electrons. The van der Waals surface area contributed by atoms with Gasteiger partial charge in [-0.25, -0.2) is 0 Å². The van der Waals surface area contributed by atoms with E-state index in [0.29, 0.717) is 13.0 Å². The first-order chi connectivity index (χ1) is 6.72. The Morgan fingerprint density at radius 3 is 2.86 bits per heavy atom. The van der Waals surface area contributed by atoms with Crippen molar-refractivity contribution < 1.29 is 14.3 Å². The largest absolute Gasteiger partial charge is 0.469 e. The Kier molecular flexibility index (Phi) is 3.84. The predicted molar refractivity (Wildman–Crippen MR) is 48.5 cm³/mol. The lowest BCUT2D eigenvalue weighted by Gasteiger charge is -2.00. The van der Waals surface area contributed by atoms with Crippen LogP contribution in [0.1, 0.15) is 12.8 Å². The molecule has 0 fully saturated rings.